The summed E-state index contributed by atoms with van der Waals surface area (Å²) in [5.74, 6) is 0.918. The van der Waals surface area contributed by atoms with E-state index in [2.05, 4.69) is 21.2 Å². The minimum atomic E-state index is 0.646. The summed E-state index contributed by atoms with van der Waals surface area (Å²) in [6, 6.07) is 5.90. The summed E-state index contributed by atoms with van der Waals surface area (Å²) in [6.45, 7) is 7.94. The zero-order chi connectivity index (χ0) is 15.4. The first-order valence-electron chi connectivity index (χ1n) is 8.36. The van der Waals surface area contributed by atoms with Gasteiger partial charge in [0.1, 0.15) is 0 Å². The van der Waals surface area contributed by atoms with Crippen LogP contribution < -0.4 is 10.2 Å². The van der Waals surface area contributed by atoms with E-state index >= 15 is 0 Å². The van der Waals surface area contributed by atoms with Crippen LogP contribution in [0.4, 0.5) is 5.69 Å². The van der Waals surface area contributed by atoms with Crippen LogP contribution in [0.1, 0.15) is 19.3 Å². The van der Waals surface area contributed by atoms with E-state index in [1.165, 1.54) is 38.9 Å². The molecule has 0 amide bonds. The molecule has 0 aliphatic carbocycles. The third-order valence-electron chi connectivity index (χ3n) is 4.96. The molecule has 3 nitrogen and oxygen atoms in total. The van der Waals surface area contributed by atoms with Crippen LogP contribution in [-0.2, 0) is 0 Å². The Hall–Kier alpha value is -0.480. The molecule has 0 aromatic heterocycles. The van der Waals surface area contributed by atoms with Gasteiger partial charge in [-0.05, 0) is 56.9 Å². The van der Waals surface area contributed by atoms with Gasteiger partial charge < -0.3 is 10.2 Å². The Morgan fingerprint density at radius 2 is 1.77 bits per heavy atom. The van der Waals surface area contributed by atoms with Crippen LogP contribution in [0.15, 0.2) is 18.2 Å². The highest BCUT2D eigenvalue weighted by molar-refractivity contribution is 6.43. The van der Waals surface area contributed by atoms with Crippen LogP contribution >= 0.6 is 23.2 Å². The van der Waals surface area contributed by atoms with E-state index in [1.807, 2.05) is 12.1 Å². The van der Waals surface area contributed by atoms with E-state index in [0.717, 1.165) is 37.8 Å². The molecular weight excluding hydrogens is 317 g/mol. The normalized spacial score (nSPS) is 21.3. The molecule has 1 aromatic rings. The average Bonchev–Trinajstić information content (AvgIpc) is 2.57. The number of nitrogens with zero attached hydrogens (tertiary/aromatic N) is 2. The zero-order valence-electron chi connectivity index (χ0n) is 13.0. The van der Waals surface area contributed by atoms with Crippen LogP contribution in [0.25, 0.3) is 0 Å². The van der Waals surface area contributed by atoms with Gasteiger partial charge in [0, 0.05) is 26.2 Å². The van der Waals surface area contributed by atoms with Gasteiger partial charge in [0.15, 0.2) is 0 Å². The average molecular weight is 342 g/mol. The molecular formula is C17H25Cl2N3. The number of piperazine rings is 1. The summed E-state index contributed by atoms with van der Waals surface area (Å²) in [5.41, 5.74) is 1.08. The Kier molecular flexibility index (Phi) is 5.86. The lowest BCUT2D eigenvalue weighted by molar-refractivity contribution is 0.224. The first-order chi connectivity index (χ1) is 10.7. The fraction of sp³-hybridized carbons (Fsp3) is 0.647. The molecule has 0 atom stereocenters. The summed E-state index contributed by atoms with van der Waals surface area (Å²) in [7, 11) is 0. The quantitative estimate of drug-likeness (QED) is 0.903. The molecule has 2 saturated heterocycles. The second kappa shape index (κ2) is 7.87. The fourth-order valence-corrected chi connectivity index (χ4v) is 3.90. The molecule has 2 aliphatic rings. The minimum absolute atomic E-state index is 0.646. The second-order valence-corrected chi connectivity index (χ2v) is 7.17. The van der Waals surface area contributed by atoms with Gasteiger partial charge in [-0.15, -0.1) is 0 Å². The lowest BCUT2D eigenvalue weighted by Gasteiger charge is -2.37. The number of nitrogens with one attached hydrogen (secondary N) is 1. The van der Waals surface area contributed by atoms with Gasteiger partial charge in [-0.1, -0.05) is 29.3 Å². The summed E-state index contributed by atoms with van der Waals surface area (Å²) < 4.78 is 0. The topological polar surface area (TPSA) is 18.5 Å². The lowest BCUT2D eigenvalue weighted by atomic mass is 9.94. The van der Waals surface area contributed by atoms with Crippen LogP contribution in [0.2, 0.25) is 10.0 Å². The summed E-state index contributed by atoms with van der Waals surface area (Å²) >= 11 is 12.5. The maximum Gasteiger partial charge on any atom is 0.0825 e. The number of benzene rings is 1. The predicted molar refractivity (Wildman–Crippen MR) is 95.3 cm³/mol. The highest BCUT2D eigenvalue weighted by atomic mass is 35.5. The SMILES string of the molecule is Clc1cccc(N2CCN(CCC3CCNCC3)CC2)c1Cl. The molecule has 122 valence electrons. The van der Waals surface area contributed by atoms with E-state index in [-0.39, 0.29) is 0 Å². The van der Waals surface area contributed by atoms with Gasteiger partial charge in [-0.3, -0.25) is 4.90 Å². The molecule has 1 N–H and O–H groups in total. The number of piperidine rings is 1. The fourth-order valence-electron chi connectivity index (χ4n) is 3.48. The van der Waals surface area contributed by atoms with Crippen LogP contribution in [0.5, 0.6) is 0 Å². The highest BCUT2D eigenvalue weighted by Gasteiger charge is 2.21. The van der Waals surface area contributed by atoms with Crippen molar-refractivity contribution in [3.8, 4) is 0 Å². The molecule has 0 spiro atoms. The molecule has 2 fully saturated rings. The molecule has 0 bridgehead atoms. The Labute approximate surface area is 143 Å². The largest absolute Gasteiger partial charge is 0.368 e. The van der Waals surface area contributed by atoms with E-state index in [9.17, 15) is 0 Å². The molecule has 2 aliphatic heterocycles. The molecule has 22 heavy (non-hydrogen) atoms. The van der Waals surface area contributed by atoms with Crippen LogP contribution in [0, 0.1) is 5.92 Å². The molecule has 3 rings (SSSR count). The minimum Gasteiger partial charge on any atom is -0.368 e. The molecule has 0 saturated carbocycles. The maximum atomic E-state index is 6.33. The summed E-state index contributed by atoms with van der Waals surface area (Å²) in [4.78, 5) is 4.95. The van der Waals surface area contributed by atoms with Gasteiger partial charge in [-0.2, -0.15) is 0 Å². The number of anilines is 1. The Bertz CT molecular complexity index is 481. The Morgan fingerprint density at radius 1 is 1.05 bits per heavy atom. The van der Waals surface area contributed by atoms with Crippen molar-refractivity contribution in [3.05, 3.63) is 28.2 Å². The second-order valence-electron chi connectivity index (χ2n) is 6.38. The smallest absolute Gasteiger partial charge is 0.0825 e. The Morgan fingerprint density at radius 3 is 2.50 bits per heavy atom. The monoisotopic (exact) mass is 341 g/mol. The van der Waals surface area contributed by atoms with E-state index in [0.29, 0.717) is 10.0 Å². The van der Waals surface area contributed by atoms with Crippen molar-refractivity contribution in [2.75, 3.05) is 50.7 Å². The van der Waals surface area contributed by atoms with Crippen molar-refractivity contribution in [2.45, 2.75) is 19.3 Å². The molecule has 0 radical (unpaired) electrons. The third-order valence-corrected chi connectivity index (χ3v) is 5.77. The van der Waals surface area contributed by atoms with Crippen molar-refractivity contribution in [1.82, 2.24) is 10.2 Å². The van der Waals surface area contributed by atoms with Crippen molar-refractivity contribution in [3.63, 3.8) is 0 Å². The zero-order valence-corrected chi connectivity index (χ0v) is 14.5. The van der Waals surface area contributed by atoms with Crippen molar-refractivity contribution in [2.24, 2.45) is 5.92 Å². The van der Waals surface area contributed by atoms with Gasteiger partial charge in [0.2, 0.25) is 0 Å². The van der Waals surface area contributed by atoms with Crippen molar-refractivity contribution in [1.29, 1.82) is 0 Å². The highest BCUT2D eigenvalue weighted by Crippen LogP contribution is 2.32. The first-order valence-corrected chi connectivity index (χ1v) is 9.11. The molecule has 0 unspecified atom stereocenters. The Balaban J connectivity index is 1.47. The third kappa shape index (κ3) is 4.08. The summed E-state index contributed by atoms with van der Waals surface area (Å²) in [6.07, 6.45) is 4.04. The van der Waals surface area contributed by atoms with Gasteiger partial charge in [-0.25, -0.2) is 0 Å². The van der Waals surface area contributed by atoms with Gasteiger partial charge in [0.25, 0.3) is 0 Å². The first kappa shape index (κ1) is 16.4. The predicted octanol–water partition coefficient (Wildman–Crippen LogP) is 3.51. The van der Waals surface area contributed by atoms with E-state index in [1.54, 1.807) is 0 Å². The number of halogens is 2. The van der Waals surface area contributed by atoms with Crippen LogP contribution in [0.3, 0.4) is 0 Å². The van der Waals surface area contributed by atoms with Gasteiger partial charge in [0.05, 0.1) is 15.7 Å². The maximum absolute atomic E-state index is 6.33. The van der Waals surface area contributed by atoms with E-state index < -0.39 is 0 Å². The molecule has 2 heterocycles. The number of hydrogen-bond acceptors (Lipinski definition) is 3. The van der Waals surface area contributed by atoms with Crippen molar-refractivity contribution >= 4 is 28.9 Å². The van der Waals surface area contributed by atoms with E-state index in [4.69, 9.17) is 23.2 Å². The molecule has 1 aromatic carbocycles. The lowest BCUT2D eigenvalue weighted by Crippen LogP contribution is -2.47. The number of hydrogen-bond donors (Lipinski definition) is 1. The standard InChI is InChI=1S/C17H25Cl2N3/c18-15-2-1-3-16(17(15)19)22-12-10-21(11-13-22)9-6-14-4-7-20-8-5-14/h1-3,14,20H,4-13H2. The van der Waals surface area contributed by atoms with Crippen molar-refractivity contribution < 1.29 is 0 Å². The number of rotatable bonds is 4. The summed E-state index contributed by atoms with van der Waals surface area (Å²) in [5, 5.41) is 4.78. The molecule has 5 heteroatoms. The van der Waals surface area contributed by atoms with Crippen LogP contribution in [-0.4, -0.2) is 50.7 Å². The van der Waals surface area contributed by atoms with Gasteiger partial charge >= 0.3 is 0 Å².